The molecule has 0 aliphatic heterocycles. The van der Waals surface area contributed by atoms with Crippen LogP contribution < -0.4 is 11.6 Å². The maximum absolute atomic E-state index is 11.9. The van der Waals surface area contributed by atoms with Gasteiger partial charge in [-0.05, 0) is 77.4 Å². The molecular weight excluding hydrogens is 713 g/mol. The summed E-state index contributed by atoms with van der Waals surface area (Å²) in [7, 11) is 0. The van der Waals surface area contributed by atoms with Crippen LogP contribution in [0.25, 0.3) is 0 Å². The number of ether oxygens (including phenoxy) is 2. The number of carbonyl (C=O) groups is 2. The van der Waals surface area contributed by atoms with Gasteiger partial charge in [0.25, 0.3) is 6.47 Å². The van der Waals surface area contributed by atoms with Gasteiger partial charge in [-0.25, -0.2) is 5.84 Å². The van der Waals surface area contributed by atoms with E-state index in [2.05, 4.69) is 32.6 Å². The highest BCUT2D eigenvalue weighted by Crippen LogP contribution is 2.16. The topological polar surface area (TPSA) is 131 Å². The van der Waals surface area contributed by atoms with Crippen LogP contribution in [0.5, 0.6) is 0 Å². The van der Waals surface area contributed by atoms with Crippen LogP contribution >= 0.6 is 0 Å². The molecule has 0 spiro atoms. The Morgan fingerprint density at radius 1 is 0.561 bits per heavy atom. The number of nitrogens with two attached hydrogens (primary N) is 2. The van der Waals surface area contributed by atoms with E-state index in [9.17, 15) is 9.59 Å². The van der Waals surface area contributed by atoms with E-state index in [1.165, 1.54) is 167 Å². The molecule has 0 heterocycles. The molecule has 0 saturated carbocycles. The molecule has 0 aliphatic rings. The largest absolute Gasteiger partial charge is 0.466 e. The molecule has 0 aromatic heterocycles. The lowest BCUT2D eigenvalue weighted by Crippen LogP contribution is -2.33. The predicted molar refractivity (Wildman–Crippen MR) is 244 cm³/mol. The van der Waals surface area contributed by atoms with Crippen molar-refractivity contribution < 1.29 is 24.2 Å². The van der Waals surface area contributed by atoms with Crippen molar-refractivity contribution in [3.05, 3.63) is 11.9 Å². The lowest BCUT2D eigenvalue weighted by Gasteiger charge is -2.24. The molecule has 340 valence electrons. The third kappa shape index (κ3) is 46.7. The van der Waals surface area contributed by atoms with Crippen LogP contribution in [0.2, 0.25) is 0 Å². The lowest BCUT2D eigenvalue weighted by atomic mass is 10.0. The normalized spacial score (nSPS) is 12.0. The zero-order chi connectivity index (χ0) is 42.3. The molecule has 1 atom stereocenters. The molecule has 0 saturated heterocycles. The molecule has 0 bridgehead atoms. The quantitative estimate of drug-likeness (QED) is 0.0181. The van der Waals surface area contributed by atoms with Gasteiger partial charge in [0, 0.05) is 19.2 Å². The van der Waals surface area contributed by atoms with E-state index >= 15 is 0 Å². The van der Waals surface area contributed by atoms with E-state index in [1.807, 2.05) is 0 Å². The predicted octanol–water partition coefficient (Wildman–Crippen LogP) is 12.3. The molecule has 0 aliphatic carbocycles. The third-order valence-electron chi connectivity index (χ3n) is 10.9. The molecule has 5 N–H and O–H groups in total. The van der Waals surface area contributed by atoms with Crippen molar-refractivity contribution in [2.75, 3.05) is 39.4 Å². The first-order valence-corrected chi connectivity index (χ1v) is 24.4. The molecule has 0 aromatic carbocycles. The highest BCUT2D eigenvalue weighted by Gasteiger charge is 2.09. The number of carbonyl (C=O) groups excluding carboxylic acids is 2. The minimum Gasteiger partial charge on any atom is -0.466 e. The van der Waals surface area contributed by atoms with Crippen LogP contribution in [0.15, 0.2) is 11.9 Å². The standard InChI is InChI=1S/C31H64N4O3.C17H34O2/c1-3-5-7-9-11-16-20-27-38-31(37)22-17-13-12-15-19-24-34(23-18-14-10-8-6-4-2)25-21-26-35(33)28-30(32)29-36;1-3-5-7-9-11-13-15-17(19-16-18)14-12-10-8-6-4-2/h28,36H,3-27,29,32-33H2,1-2H3;16-17H,3-15H2,1-2H3/b30-28-;. The summed E-state index contributed by atoms with van der Waals surface area (Å²) >= 11 is 0. The van der Waals surface area contributed by atoms with Gasteiger partial charge in [0.2, 0.25) is 0 Å². The average Bonchev–Trinajstić information content (AvgIpc) is 3.20. The summed E-state index contributed by atoms with van der Waals surface area (Å²) in [5, 5.41) is 10.6. The van der Waals surface area contributed by atoms with Crippen LogP contribution in [0.1, 0.15) is 240 Å². The number of hydrogen-bond donors (Lipinski definition) is 3. The zero-order valence-electron chi connectivity index (χ0n) is 38.4. The number of unbranched alkanes of at least 4 members (excludes halogenated alkanes) is 24. The number of rotatable bonds is 44. The number of nitrogens with zero attached hydrogens (tertiary/aromatic N) is 2. The Bertz CT molecular complexity index is 846. The summed E-state index contributed by atoms with van der Waals surface area (Å²) < 4.78 is 10.6. The van der Waals surface area contributed by atoms with E-state index in [-0.39, 0.29) is 18.7 Å². The average molecular weight is 811 g/mol. The van der Waals surface area contributed by atoms with Gasteiger partial charge in [-0.15, -0.1) is 0 Å². The van der Waals surface area contributed by atoms with E-state index in [0.717, 1.165) is 64.7 Å². The Balaban J connectivity index is 0. The Kier molecular flexibility index (Phi) is 48.7. The smallest absolute Gasteiger partial charge is 0.305 e. The second-order valence-electron chi connectivity index (χ2n) is 16.5. The SMILES string of the molecule is CCCCCCCCC(CCCCCCC)OC=O.CCCCCCCCCOC(=O)CCCCCCCN(CCCCCCCC)CCCN(N)/C=C(\N)CO. The molecule has 0 radical (unpaired) electrons. The summed E-state index contributed by atoms with van der Waals surface area (Å²) in [6, 6.07) is 0. The molecule has 0 rings (SSSR count). The number of aliphatic hydroxyl groups excluding tert-OH is 1. The van der Waals surface area contributed by atoms with Gasteiger partial charge in [0.15, 0.2) is 0 Å². The van der Waals surface area contributed by atoms with Crippen molar-refractivity contribution in [2.45, 2.75) is 246 Å². The van der Waals surface area contributed by atoms with Crippen LogP contribution in [0.4, 0.5) is 0 Å². The van der Waals surface area contributed by atoms with E-state index in [0.29, 0.717) is 25.2 Å². The fraction of sp³-hybridized carbons (Fsp3) is 0.917. The molecule has 9 heteroatoms. The van der Waals surface area contributed by atoms with Gasteiger partial charge in [-0.3, -0.25) is 9.59 Å². The minimum atomic E-state index is -0.168. The molecule has 0 aromatic rings. The van der Waals surface area contributed by atoms with Crippen molar-refractivity contribution >= 4 is 12.4 Å². The van der Waals surface area contributed by atoms with Gasteiger partial charge in [0.05, 0.1) is 18.9 Å². The van der Waals surface area contributed by atoms with Crippen molar-refractivity contribution in [3.8, 4) is 0 Å². The summed E-state index contributed by atoms with van der Waals surface area (Å²) in [4.78, 5) is 25.0. The molecule has 9 nitrogen and oxygen atoms in total. The van der Waals surface area contributed by atoms with Gasteiger partial charge >= 0.3 is 5.97 Å². The summed E-state index contributed by atoms with van der Waals surface area (Å²) in [5.74, 6) is 5.95. The highest BCUT2D eigenvalue weighted by molar-refractivity contribution is 5.69. The Morgan fingerprint density at radius 3 is 1.42 bits per heavy atom. The van der Waals surface area contributed by atoms with Crippen LogP contribution in [-0.4, -0.2) is 73.0 Å². The lowest BCUT2D eigenvalue weighted by molar-refractivity contribution is -0.144. The first-order valence-electron chi connectivity index (χ1n) is 24.4. The summed E-state index contributed by atoms with van der Waals surface area (Å²) in [5.41, 5.74) is 6.04. The Morgan fingerprint density at radius 2 is 0.965 bits per heavy atom. The van der Waals surface area contributed by atoms with Crippen molar-refractivity contribution in [2.24, 2.45) is 11.6 Å². The van der Waals surface area contributed by atoms with Crippen LogP contribution in [-0.2, 0) is 19.1 Å². The number of hydrogen-bond acceptors (Lipinski definition) is 9. The van der Waals surface area contributed by atoms with Gasteiger partial charge < -0.3 is 30.2 Å². The number of hydrazine groups is 1. The van der Waals surface area contributed by atoms with Crippen LogP contribution in [0.3, 0.4) is 0 Å². The molecule has 57 heavy (non-hydrogen) atoms. The molecule has 0 amide bonds. The maximum atomic E-state index is 11.9. The molecule has 1 unspecified atom stereocenters. The third-order valence-corrected chi connectivity index (χ3v) is 10.9. The first kappa shape index (κ1) is 57.3. The first-order chi connectivity index (χ1) is 27.9. The number of esters is 1. The summed E-state index contributed by atoms with van der Waals surface area (Å²) in [6.07, 6.45) is 41.9. The molecular formula is C48H98N4O5. The van der Waals surface area contributed by atoms with Crippen molar-refractivity contribution in [1.29, 1.82) is 0 Å². The second-order valence-corrected chi connectivity index (χ2v) is 16.5. The monoisotopic (exact) mass is 811 g/mol. The highest BCUT2D eigenvalue weighted by atomic mass is 16.5. The van der Waals surface area contributed by atoms with Gasteiger partial charge in [0.1, 0.15) is 6.10 Å². The van der Waals surface area contributed by atoms with Crippen molar-refractivity contribution in [1.82, 2.24) is 9.91 Å². The van der Waals surface area contributed by atoms with Gasteiger partial charge in [-0.1, -0.05) is 175 Å². The Hall–Kier alpha value is -1.84. The summed E-state index contributed by atoms with van der Waals surface area (Å²) in [6.45, 7) is 14.1. The van der Waals surface area contributed by atoms with E-state index < -0.39 is 0 Å². The maximum Gasteiger partial charge on any atom is 0.305 e. The minimum absolute atomic E-state index is 0.0226. The van der Waals surface area contributed by atoms with E-state index in [4.69, 9.17) is 26.2 Å². The second kappa shape index (κ2) is 48.5. The van der Waals surface area contributed by atoms with E-state index in [1.54, 1.807) is 11.2 Å². The van der Waals surface area contributed by atoms with Gasteiger partial charge in [-0.2, -0.15) is 0 Å². The zero-order valence-corrected chi connectivity index (χ0v) is 38.4. The molecule has 0 fully saturated rings. The number of aliphatic hydroxyl groups is 1. The van der Waals surface area contributed by atoms with Crippen LogP contribution in [0, 0.1) is 0 Å². The van der Waals surface area contributed by atoms with Crippen molar-refractivity contribution in [3.63, 3.8) is 0 Å². The fourth-order valence-corrected chi connectivity index (χ4v) is 7.19. The Labute approximate surface area is 354 Å². The fourth-order valence-electron chi connectivity index (χ4n) is 7.19.